The first-order chi connectivity index (χ1) is 16.8. The number of thioether (sulfide) groups is 1. The van der Waals surface area contributed by atoms with E-state index in [0.29, 0.717) is 22.4 Å². The number of amides is 1. The minimum Gasteiger partial charge on any atom is -0.467 e. The van der Waals surface area contributed by atoms with Crippen LogP contribution in [0.25, 0.3) is 17.2 Å². The summed E-state index contributed by atoms with van der Waals surface area (Å²) in [6, 6.07) is 31.7. The van der Waals surface area contributed by atoms with Crippen LogP contribution in [0.15, 0.2) is 123 Å². The van der Waals surface area contributed by atoms with Crippen molar-refractivity contribution in [1.29, 1.82) is 0 Å². The van der Waals surface area contributed by atoms with Crippen LogP contribution in [0.5, 0.6) is 0 Å². The number of nitrogens with zero attached hydrogens (tertiary/aromatic N) is 3. The van der Waals surface area contributed by atoms with E-state index in [4.69, 9.17) is 4.42 Å². The van der Waals surface area contributed by atoms with E-state index in [9.17, 15) is 4.79 Å². The maximum Gasteiger partial charge on any atom is 0.267 e. The number of carbonyl (C=O) groups is 1. The lowest BCUT2D eigenvalue weighted by molar-refractivity contribution is -0.122. The maximum absolute atomic E-state index is 13.1. The smallest absolute Gasteiger partial charge is 0.267 e. The molecule has 34 heavy (non-hydrogen) atoms. The van der Waals surface area contributed by atoms with Crippen molar-refractivity contribution in [2.75, 3.05) is 0 Å². The van der Waals surface area contributed by atoms with Crippen molar-refractivity contribution in [2.45, 2.75) is 6.54 Å². The van der Waals surface area contributed by atoms with Crippen LogP contribution < -0.4 is 0 Å². The minimum atomic E-state index is -0.119. The monoisotopic (exact) mass is 463 g/mol. The molecule has 3 aromatic carbocycles. The zero-order chi connectivity index (χ0) is 23.2. The van der Waals surface area contributed by atoms with E-state index in [1.165, 1.54) is 17.3 Å². The summed E-state index contributed by atoms with van der Waals surface area (Å²) in [6.45, 7) is 0.297. The van der Waals surface area contributed by atoms with Gasteiger partial charge in [-0.25, -0.2) is 0 Å². The lowest BCUT2D eigenvalue weighted by Gasteiger charge is -2.12. The zero-order valence-corrected chi connectivity index (χ0v) is 19.1. The first-order valence-electron chi connectivity index (χ1n) is 10.8. The van der Waals surface area contributed by atoms with Crippen LogP contribution in [-0.2, 0) is 11.3 Å². The maximum atomic E-state index is 13.1. The Balaban J connectivity index is 1.37. The van der Waals surface area contributed by atoms with Gasteiger partial charge in [0.15, 0.2) is 5.17 Å². The molecule has 0 unspecified atom stereocenters. The Labute approximate surface area is 202 Å². The molecule has 5 rings (SSSR count). The summed E-state index contributed by atoms with van der Waals surface area (Å²) >= 11 is 1.31. The van der Waals surface area contributed by atoms with Gasteiger partial charge >= 0.3 is 0 Å². The molecule has 6 heteroatoms. The average molecular weight is 464 g/mol. The van der Waals surface area contributed by atoms with Gasteiger partial charge in [0.1, 0.15) is 5.76 Å². The average Bonchev–Trinajstić information content (AvgIpc) is 3.50. The summed E-state index contributed by atoms with van der Waals surface area (Å²) in [5, 5.41) is 9.16. The van der Waals surface area contributed by atoms with Crippen LogP contribution in [0.4, 0.5) is 0 Å². The van der Waals surface area contributed by atoms with Gasteiger partial charge < -0.3 is 4.42 Å². The SMILES string of the molecule is O=C1/C(=C/c2ccccc2)S/C(=N/N=C\c2ccc(-c3ccccc3)cc2)N1Cc1ccco1. The molecule has 1 aliphatic rings. The van der Waals surface area contributed by atoms with Crippen LogP contribution in [0.3, 0.4) is 0 Å². The van der Waals surface area contributed by atoms with Crippen LogP contribution in [-0.4, -0.2) is 22.2 Å². The molecule has 0 radical (unpaired) electrons. The molecule has 0 saturated carbocycles. The fourth-order valence-corrected chi connectivity index (χ4v) is 4.45. The number of hydrogen-bond acceptors (Lipinski definition) is 5. The highest BCUT2D eigenvalue weighted by atomic mass is 32.2. The molecular weight excluding hydrogens is 442 g/mol. The second-order valence-electron chi connectivity index (χ2n) is 7.61. The van der Waals surface area contributed by atoms with Crippen molar-refractivity contribution < 1.29 is 9.21 Å². The third kappa shape index (κ3) is 5.08. The van der Waals surface area contributed by atoms with Crippen LogP contribution >= 0.6 is 11.8 Å². The van der Waals surface area contributed by atoms with Crippen LogP contribution in [0.2, 0.25) is 0 Å². The van der Waals surface area contributed by atoms with Crippen LogP contribution in [0.1, 0.15) is 16.9 Å². The number of rotatable bonds is 6. The summed E-state index contributed by atoms with van der Waals surface area (Å²) in [7, 11) is 0. The van der Waals surface area contributed by atoms with Gasteiger partial charge in [0.05, 0.1) is 23.9 Å². The third-order valence-electron chi connectivity index (χ3n) is 5.25. The molecule has 4 aromatic rings. The first kappa shape index (κ1) is 21.7. The van der Waals surface area contributed by atoms with E-state index in [1.54, 1.807) is 23.4 Å². The standard InChI is InChI=1S/C28H21N3O2S/c32-27-26(18-21-8-3-1-4-9-21)34-28(31(27)20-25-12-7-17-33-25)30-29-19-22-13-15-24(16-14-22)23-10-5-2-6-11-23/h1-19H,20H2/b26-18-,29-19-,30-28+. The van der Waals surface area contributed by atoms with Crippen molar-refractivity contribution in [3.8, 4) is 11.1 Å². The summed E-state index contributed by atoms with van der Waals surface area (Å²) in [5.41, 5.74) is 4.19. The Bertz CT molecular complexity index is 1340. The zero-order valence-electron chi connectivity index (χ0n) is 18.2. The molecule has 1 aromatic heterocycles. The lowest BCUT2D eigenvalue weighted by atomic mass is 10.0. The molecule has 1 fully saturated rings. The Morgan fingerprint density at radius 2 is 1.50 bits per heavy atom. The Morgan fingerprint density at radius 1 is 0.794 bits per heavy atom. The molecule has 0 bridgehead atoms. The van der Waals surface area contributed by atoms with E-state index in [1.807, 2.05) is 72.8 Å². The molecule has 0 spiro atoms. The molecule has 5 nitrogen and oxygen atoms in total. The molecule has 166 valence electrons. The summed E-state index contributed by atoms with van der Waals surface area (Å²) in [6.07, 6.45) is 5.16. The van der Waals surface area contributed by atoms with Gasteiger partial charge in [-0.05, 0) is 52.2 Å². The van der Waals surface area contributed by atoms with Crippen molar-refractivity contribution in [3.05, 3.63) is 125 Å². The molecule has 1 saturated heterocycles. The van der Waals surface area contributed by atoms with E-state index in [-0.39, 0.29) is 5.91 Å². The van der Waals surface area contributed by atoms with E-state index in [2.05, 4.69) is 34.5 Å². The Kier molecular flexibility index (Phi) is 6.49. The minimum absolute atomic E-state index is 0.119. The van der Waals surface area contributed by atoms with Gasteiger partial charge in [-0.2, -0.15) is 5.10 Å². The van der Waals surface area contributed by atoms with Gasteiger partial charge in [-0.15, -0.1) is 5.10 Å². The lowest BCUT2D eigenvalue weighted by Crippen LogP contribution is -2.28. The van der Waals surface area contributed by atoms with Gasteiger partial charge in [0, 0.05) is 0 Å². The highest BCUT2D eigenvalue weighted by molar-refractivity contribution is 8.18. The predicted octanol–water partition coefficient (Wildman–Crippen LogP) is 6.45. The number of hydrogen-bond donors (Lipinski definition) is 0. The van der Waals surface area contributed by atoms with Crippen molar-refractivity contribution >= 4 is 35.1 Å². The molecular formula is C28H21N3O2S. The fourth-order valence-electron chi connectivity index (χ4n) is 3.52. The Hall–Kier alpha value is -4.16. The largest absolute Gasteiger partial charge is 0.467 e. The summed E-state index contributed by atoms with van der Waals surface area (Å²) < 4.78 is 5.45. The topological polar surface area (TPSA) is 58.2 Å². The number of amidine groups is 1. The highest BCUT2D eigenvalue weighted by Gasteiger charge is 2.34. The molecule has 0 aliphatic carbocycles. The Morgan fingerprint density at radius 3 is 2.21 bits per heavy atom. The normalized spacial score (nSPS) is 16.2. The molecule has 0 N–H and O–H groups in total. The van der Waals surface area contributed by atoms with E-state index >= 15 is 0 Å². The number of furan rings is 1. The van der Waals surface area contributed by atoms with E-state index in [0.717, 1.165) is 16.7 Å². The number of benzene rings is 3. The fraction of sp³-hybridized carbons (Fsp3) is 0.0357. The number of carbonyl (C=O) groups excluding carboxylic acids is 1. The van der Waals surface area contributed by atoms with Gasteiger partial charge in [-0.1, -0.05) is 84.9 Å². The second kappa shape index (κ2) is 10.2. The molecule has 1 amide bonds. The van der Waals surface area contributed by atoms with Crippen LogP contribution in [0, 0.1) is 0 Å². The van der Waals surface area contributed by atoms with Gasteiger partial charge in [0.2, 0.25) is 0 Å². The quantitative estimate of drug-likeness (QED) is 0.187. The highest BCUT2D eigenvalue weighted by Crippen LogP contribution is 2.33. The van der Waals surface area contributed by atoms with E-state index < -0.39 is 0 Å². The second-order valence-corrected chi connectivity index (χ2v) is 8.62. The third-order valence-corrected chi connectivity index (χ3v) is 6.24. The summed E-state index contributed by atoms with van der Waals surface area (Å²) in [4.78, 5) is 15.3. The summed E-state index contributed by atoms with van der Waals surface area (Å²) in [5.74, 6) is 0.564. The molecule has 0 atom stereocenters. The van der Waals surface area contributed by atoms with Crippen molar-refractivity contribution in [3.63, 3.8) is 0 Å². The first-order valence-corrected chi connectivity index (χ1v) is 11.6. The van der Waals surface area contributed by atoms with Crippen molar-refractivity contribution in [2.24, 2.45) is 10.2 Å². The van der Waals surface area contributed by atoms with Crippen molar-refractivity contribution in [1.82, 2.24) is 4.90 Å². The predicted molar refractivity (Wildman–Crippen MR) is 138 cm³/mol. The molecule has 1 aliphatic heterocycles. The molecule has 2 heterocycles. The van der Waals surface area contributed by atoms with Gasteiger partial charge in [-0.3, -0.25) is 9.69 Å². The van der Waals surface area contributed by atoms with Gasteiger partial charge in [0.25, 0.3) is 5.91 Å².